The molecule has 1 aliphatic rings. The summed E-state index contributed by atoms with van der Waals surface area (Å²) in [6, 6.07) is 0. The van der Waals surface area contributed by atoms with Crippen LogP contribution in [0.1, 0.15) is 12.8 Å². The molecular formula is C5H7ClO3. The second-order valence-corrected chi connectivity index (χ2v) is 2.06. The number of rotatable bonds is 1. The molecular weight excluding hydrogens is 144 g/mol. The molecule has 1 aliphatic carbocycles. The fourth-order valence-corrected chi connectivity index (χ4v) is 0.529. The molecule has 9 heavy (non-hydrogen) atoms. The van der Waals surface area contributed by atoms with Gasteiger partial charge in [0, 0.05) is 5.92 Å². The van der Waals surface area contributed by atoms with E-state index in [-0.39, 0.29) is 17.6 Å². The van der Waals surface area contributed by atoms with Crippen LogP contribution in [0.25, 0.3) is 0 Å². The number of halogens is 1. The molecule has 0 atom stereocenters. The van der Waals surface area contributed by atoms with Crippen molar-refractivity contribution >= 4 is 23.3 Å². The molecule has 1 N–H and O–H groups in total. The van der Waals surface area contributed by atoms with Crippen molar-refractivity contribution in [2.45, 2.75) is 12.8 Å². The van der Waals surface area contributed by atoms with Crippen LogP contribution >= 0.6 is 11.6 Å². The van der Waals surface area contributed by atoms with E-state index in [0.717, 1.165) is 12.8 Å². The van der Waals surface area contributed by atoms with Gasteiger partial charge in [-0.15, -0.1) is 0 Å². The van der Waals surface area contributed by atoms with Crippen LogP contribution in [0.3, 0.4) is 0 Å². The summed E-state index contributed by atoms with van der Waals surface area (Å²) in [5.41, 5.74) is 0. The number of carboxylic acid groups (broad SMARTS) is 1. The van der Waals surface area contributed by atoms with E-state index < -0.39 is 0 Å². The van der Waals surface area contributed by atoms with Crippen LogP contribution in [0.15, 0.2) is 0 Å². The Kier molecular flexibility index (Phi) is 4.05. The predicted molar refractivity (Wildman–Crippen MR) is 32.3 cm³/mol. The first kappa shape index (κ1) is 8.43. The van der Waals surface area contributed by atoms with Crippen LogP contribution in [-0.2, 0) is 9.59 Å². The van der Waals surface area contributed by atoms with Gasteiger partial charge >= 0.3 is 0 Å². The number of carbonyl (C=O) groups excluding carboxylic acids is 1. The van der Waals surface area contributed by atoms with Crippen LogP contribution < -0.4 is 0 Å². The lowest BCUT2D eigenvalue weighted by molar-refractivity contribution is -0.122. The first-order valence-electron chi connectivity index (χ1n) is 2.49. The van der Waals surface area contributed by atoms with E-state index in [4.69, 9.17) is 21.5 Å². The van der Waals surface area contributed by atoms with Crippen LogP contribution in [0, 0.1) is 5.92 Å². The van der Waals surface area contributed by atoms with Crippen LogP contribution in [0.5, 0.6) is 0 Å². The van der Waals surface area contributed by atoms with Gasteiger partial charge in [-0.05, 0) is 24.4 Å². The summed E-state index contributed by atoms with van der Waals surface area (Å²) in [6.07, 6.45) is 2.03. The lowest BCUT2D eigenvalue weighted by Crippen LogP contribution is -1.83. The third kappa shape index (κ3) is 5.30. The SMILES string of the molecule is O=C(Cl)C1CC1.O=CO. The molecule has 1 fully saturated rings. The van der Waals surface area contributed by atoms with Gasteiger partial charge in [0.15, 0.2) is 0 Å². The molecule has 0 aromatic heterocycles. The third-order valence-corrected chi connectivity index (χ3v) is 1.21. The van der Waals surface area contributed by atoms with Gasteiger partial charge < -0.3 is 5.11 Å². The second kappa shape index (κ2) is 4.32. The summed E-state index contributed by atoms with van der Waals surface area (Å²) in [5.74, 6) is 0.228. The van der Waals surface area contributed by atoms with Gasteiger partial charge in [-0.25, -0.2) is 0 Å². The standard InChI is InChI=1S/C4H5ClO.CH2O2/c5-4(6)3-1-2-3;2-1-3/h3H,1-2H2;1H,(H,2,3). The number of hydrogen-bond donors (Lipinski definition) is 1. The van der Waals surface area contributed by atoms with Gasteiger partial charge in [-0.1, -0.05) is 0 Å². The van der Waals surface area contributed by atoms with E-state index in [0.29, 0.717) is 0 Å². The van der Waals surface area contributed by atoms with E-state index in [1.807, 2.05) is 0 Å². The summed E-state index contributed by atoms with van der Waals surface area (Å²) >= 11 is 5.04. The van der Waals surface area contributed by atoms with Crippen molar-refractivity contribution in [1.29, 1.82) is 0 Å². The lowest BCUT2D eigenvalue weighted by Gasteiger charge is -1.72. The predicted octanol–water partition coefficient (Wildman–Crippen LogP) is 0.863. The molecule has 0 aliphatic heterocycles. The minimum atomic E-state index is -0.250. The summed E-state index contributed by atoms with van der Waals surface area (Å²) in [4.78, 5) is 18.3. The van der Waals surface area contributed by atoms with E-state index in [2.05, 4.69) is 0 Å². The second-order valence-electron chi connectivity index (χ2n) is 1.68. The van der Waals surface area contributed by atoms with Crippen molar-refractivity contribution in [3.63, 3.8) is 0 Å². The molecule has 1 saturated carbocycles. The average molecular weight is 151 g/mol. The zero-order valence-electron chi connectivity index (χ0n) is 4.71. The molecule has 52 valence electrons. The molecule has 0 heterocycles. The summed E-state index contributed by atoms with van der Waals surface area (Å²) in [5, 5.41) is 6.73. The Morgan fingerprint density at radius 3 is 2.00 bits per heavy atom. The highest BCUT2D eigenvalue weighted by Crippen LogP contribution is 2.30. The first-order chi connectivity index (χ1) is 4.22. The van der Waals surface area contributed by atoms with Gasteiger partial charge in [0.05, 0.1) is 0 Å². The molecule has 4 heteroatoms. The van der Waals surface area contributed by atoms with Gasteiger partial charge in [0.2, 0.25) is 5.24 Å². The van der Waals surface area contributed by atoms with E-state index in [9.17, 15) is 4.79 Å². The first-order valence-corrected chi connectivity index (χ1v) is 2.87. The molecule has 0 spiro atoms. The van der Waals surface area contributed by atoms with Crippen molar-refractivity contribution in [2.75, 3.05) is 0 Å². The van der Waals surface area contributed by atoms with Gasteiger partial charge in [0.25, 0.3) is 6.47 Å². The quantitative estimate of drug-likeness (QED) is 0.446. The van der Waals surface area contributed by atoms with Crippen LogP contribution in [0.2, 0.25) is 0 Å². The van der Waals surface area contributed by atoms with Crippen molar-refractivity contribution in [1.82, 2.24) is 0 Å². The Labute approximate surface area is 57.6 Å². The monoisotopic (exact) mass is 150 g/mol. The largest absolute Gasteiger partial charge is 0.483 e. The summed E-state index contributed by atoms with van der Waals surface area (Å²) in [6.45, 7) is -0.250. The molecule has 3 nitrogen and oxygen atoms in total. The fraction of sp³-hybridized carbons (Fsp3) is 0.600. The Morgan fingerprint density at radius 2 is 2.00 bits per heavy atom. The molecule has 0 radical (unpaired) electrons. The number of carbonyl (C=O) groups is 2. The minimum absolute atomic E-state index is 0.157. The Morgan fingerprint density at radius 1 is 1.67 bits per heavy atom. The maximum Gasteiger partial charge on any atom is 0.290 e. The zero-order valence-corrected chi connectivity index (χ0v) is 5.47. The van der Waals surface area contributed by atoms with E-state index >= 15 is 0 Å². The average Bonchev–Trinajstić information content (AvgIpc) is 2.44. The number of hydrogen-bond acceptors (Lipinski definition) is 2. The van der Waals surface area contributed by atoms with E-state index in [1.54, 1.807) is 0 Å². The van der Waals surface area contributed by atoms with Crippen molar-refractivity contribution in [3.8, 4) is 0 Å². The Bertz CT molecular complexity index is 109. The highest BCUT2D eigenvalue weighted by atomic mass is 35.5. The third-order valence-electron chi connectivity index (χ3n) is 0.898. The smallest absolute Gasteiger partial charge is 0.290 e. The van der Waals surface area contributed by atoms with Crippen LogP contribution in [0.4, 0.5) is 0 Å². The summed E-state index contributed by atoms with van der Waals surface area (Å²) in [7, 11) is 0. The highest BCUT2D eigenvalue weighted by Gasteiger charge is 2.27. The van der Waals surface area contributed by atoms with Gasteiger partial charge in [-0.2, -0.15) is 0 Å². The van der Waals surface area contributed by atoms with Gasteiger partial charge in [-0.3, -0.25) is 9.59 Å². The fourth-order valence-electron chi connectivity index (χ4n) is 0.310. The molecule has 0 unspecified atom stereocenters. The topological polar surface area (TPSA) is 54.4 Å². The maximum atomic E-state index is 9.97. The van der Waals surface area contributed by atoms with Crippen molar-refractivity contribution in [2.24, 2.45) is 5.92 Å². The molecule has 0 amide bonds. The van der Waals surface area contributed by atoms with Gasteiger partial charge in [0.1, 0.15) is 0 Å². The maximum absolute atomic E-state index is 9.97. The summed E-state index contributed by atoms with van der Waals surface area (Å²) < 4.78 is 0. The molecule has 0 saturated heterocycles. The molecule has 0 bridgehead atoms. The zero-order chi connectivity index (χ0) is 7.28. The Hall–Kier alpha value is -0.570. The minimum Gasteiger partial charge on any atom is -0.483 e. The van der Waals surface area contributed by atoms with Crippen molar-refractivity contribution < 1.29 is 14.7 Å². The lowest BCUT2D eigenvalue weighted by atomic mass is 10.5. The van der Waals surface area contributed by atoms with Crippen molar-refractivity contribution in [3.05, 3.63) is 0 Å². The molecule has 0 aromatic rings. The molecule has 0 aromatic carbocycles. The van der Waals surface area contributed by atoms with Crippen LogP contribution in [-0.4, -0.2) is 16.8 Å². The van der Waals surface area contributed by atoms with E-state index in [1.165, 1.54) is 0 Å². The molecule has 1 rings (SSSR count). The highest BCUT2D eigenvalue weighted by molar-refractivity contribution is 6.64. The normalized spacial score (nSPS) is 15.2. The Balaban J connectivity index is 0.000000187.